The summed E-state index contributed by atoms with van der Waals surface area (Å²) >= 11 is 1.35. The second-order valence-electron chi connectivity index (χ2n) is 7.11. The highest BCUT2D eigenvalue weighted by molar-refractivity contribution is 7.14. The summed E-state index contributed by atoms with van der Waals surface area (Å²) < 4.78 is 12.3. The minimum atomic E-state index is -1.03. The molecule has 0 atom stereocenters. The van der Waals surface area contributed by atoms with Gasteiger partial charge in [-0.3, -0.25) is 0 Å². The molecule has 8 heteroatoms. The van der Waals surface area contributed by atoms with E-state index in [4.69, 9.17) is 14.6 Å². The largest absolute Gasteiger partial charge is 0.476 e. The van der Waals surface area contributed by atoms with Crippen LogP contribution in [0.5, 0.6) is 5.75 Å². The van der Waals surface area contributed by atoms with Crippen molar-refractivity contribution in [2.45, 2.75) is 20.3 Å². The molecular weight excluding hydrogens is 426 g/mol. The number of aromatic carboxylic acids is 1. The van der Waals surface area contributed by atoms with Gasteiger partial charge in [-0.1, -0.05) is 60.7 Å². The van der Waals surface area contributed by atoms with Crippen molar-refractivity contribution in [3.05, 3.63) is 70.7 Å². The fourth-order valence-electron chi connectivity index (χ4n) is 3.54. The number of aromatic nitrogens is 3. The highest BCUT2D eigenvalue weighted by Gasteiger charge is 2.23. The molecule has 0 amide bonds. The number of carbonyl (C=O) groups is 1. The first-order valence-electron chi connectivity index (χ1n) is 10.1. The Morgan fingerprint density at radius 2 is 1.88 bits per heavy atom. The molecule has 0 saturated heterocycles. The van der Waals surface area contributed by atoms with Crippen molar-refractivity contribution in [2.24, 2.45) is 0 Å². The summed E-state index contributed by atoms with van der Waals surface area (Å²) in [5.41, 5.74) is 4.55. The van der Waals surface area contributed by atoms with Gasteiger partial charge in [-0.25, -0.2) is 14.5 Å². The minimum absolute atomic E-state index is 0.0798. The van der Waals surface area contributed by atoms with Crippen LogP contribution in [0.2, 0.25) is 0 Å². The Morgan fingerprint density at radius 3 is 2.53 bits per heavy atom. The Hall–Kier alpha value is -3.49. The molecule has 1 N–H and O–H groups in total. The molecule has 32 heavy (non-hydrogen) atoms. The van der Waals surface area contributed by atoms with Crippen LogP contribution in [0.25, 0.3) is 27.6 Å². The van der Waals surface area contributed by atoms with E-state index in [1.54, 1.807) is 11.8 Å². The van der Waals surface area contributed by atoms with Crippen molar-refractivity contribution in [3.63, 3.8) is 0 Å². The third kappa shape index (κ3) is 4.15. The Labute approximate surface area is 189 Å². The second-order valence-corrected chi connectivity index (χ2v) is 8.17. The van der Waals surface area contributed by atoms with Gasteiger partial charge in [0, 0.05) is 28.7 Å². The van der Waals surface area contributed by atoms with Crippen LogP contribution >= 0.6 is 11.3 Å². The Bertz CT molecular complexity index is 1250. The number of nitrogens with zero attached hydrogens (tertiary/aromatic N) is 3. The lowest BCUT2D eigenvalue weighted by Crippen LogP contribution is -2.03. The van der Waals surface area contributed by atoms with E-state index in [0.717, 1.165) is 33.0 Å². The summed E-state index contributed by atoms with van der Waals surface area (Å²) in [6.45, 7) is 4.09. The molecule has 4 rings (SSSR count). The van der Waals surface area contributed by atoms with Crippen molar-refractivity contribution in [3.8, 4) is 33.4 Å². The summed E-state index contributed by atoms with van der Waals surface area (Å²) in [6.07, 6.45) is 0.589. The van der Waals surface area contributed by atoms with Crippen molar-refractivity contribution in [2.75, 3.05) is 13.9 Å². The zero-order chi connectivity index (χ0) is 22.7. The number of carboxylic acids is 1. The Balaban J connectivity index is 1.90. The predicted octanol–water partition coefficient (Wildman–Crippen LogP) is 5.21. The zero-order valence-electron chi connectivity index (χ0n) is 18.0. The summed E-state index contributed by atoms with van der Waals surface area (Å²) in [7, 11) is 1.58. The van der Waals surface area contributed by atoms with E-state index in [-0.39, 0.29) is 12.5 Å². The number of methoxy groups -OCH3 is 1. The maximum atomic E-state index is 11.7. The molecule has 4 aromatic rings. The molecule has 0 bridgehead atoms. The van der Waals surface area contributed by atoms with Gasteiger partial charge in [0.15, 0.2) is 12.5 Å². The first-order chi connectivity index (χ1) is 15.5. The van der Waals surface area contributed by atoms with Crippen LogP contribution in [0.1, 0.15) is 27.9 Å². The van der Waals surface area contributed by atoms with Gasteiger partial charge in [0.05, 0.1) is 11.4 Å². The fraction of sp³-hybridized carbons (Fsp3) is 0.208. The predicted molar refractivity (Wildman–Crippen MR) is 124 cm³/mol. The summed E-state index contributed by atoms with van der Waals surface area (Å²) in [5, 5.41) is 15.0. The standard InChI is InChI=1S/C24H23N3O4S/c1-4-19-21(23(28)29)25-24(32-19)27-22(16-9-6-5-7-10-16)15(2)20(26-27)17-11-8-12-18(13-17)31-14-30-3/h5-13H,4,14H2,1-3H3,(H,28,29). The normalized spacial score (nSPS) is 11.0. The Morgan fingerprint density at radius 1 is 1.12 bits per heavy atom. The monoisotopic (exact) mass is 449 g/mol. The number of thiazole rings is 1. The van der Waals surface area contributed by atoms with Crippen molar-refractivity contribution in [1.82, 2.24) is 14.8 Å². The number of rotatable bonds is 8. The van der Waals surface area contributed by atoms with Gasteiger partial charge >= 0.3 is 5.97 Å². The van der Waals surface area contributed by atoms with E-state index in [9.17, 15) is 9.90 Å². The Kier molecular flexibility index (Phi) is 6.34. The van der Waals surface area contributed by atoms with Crippen LogP contribution in [0.3, 0.4) is 0 Å². The van der Waals surface area contributed by atoms with E-state index in [1.165, 1.54) is 11.3 Å². The summed E-state index contributed by atoms with van der Waals surface area (Å²) in [6, 6.07) is 17.6. The van der Waals surface area contributed by atoms with Gasteiger partial charge in [-0.2, -0.15) is 5.10 Å². The maximum Gasteiger partial charge on any atom is 0.355 e. The van der Waals surface area contributed by atoms with Crippen LogP contribution in [0.15, 0.2) is 54.6 Å². The number of aryl methyl sites for hydroxylation is 1. The van der Waals surface area contributed by atoms with Crippen molar-refractivity contribution in [1.29, 1.82) is 0 Å². The average Bonchev–Trinajstić information content (AvgIpc) is 3.40. The molecule has 0 aliphatic carbocycles. The molecule has 7 nitrogen and oxygen atoms in total. The maximum absolute atomic E-state index is 11.7. The van der Waals surface area contributed by atoms with Gasteiger partial charge in [-0.05, 0) is 25.5 Å². The van der Waals surface area contributed by atoms with Crippen molar-refractivity contribution >= 4 is 17.3 Å². The lowest BCUT2D eigenvalue weighted by Gasteiger charge is -2.06. The molecule has 2 aromatic heterocycles. The molecule has 0 aliphatic heterocycles. The number of hydrogen-bond acceptors (Lipinski definition) is 6. The SMILES string of the molecule is CCc1sc(-n2nc(-c3cccc(OCOC)c3)c(C)c2-c2ccccc2)nc1C(=O)O. The van der Waals surface area contributed by atoms with E-state index < -0.39 is 5.97 Å². The van der Waals surface area contributed by atoms with Crippen LogP contribution in [-0.2, 0) is 11.2 Å². The smallest absolute Gasteiger partial charge is 0.355 e. The number of carboxylic acid groups (broad SMARTS) is 1. The highest BCUT2D eigenvalue weighted by Crippen LogP contribution is 2.36. The van der Waals surface area contributed by atoms with Crippen LogP contribution in [-0.4, -0.2) is 39.7 Å². The number of ether oxygens (including phenoxy) is 2. The van der Waals surface area contributed by atoms with Crippen molar-refractivity contribution < 1.29 is 19.4 Å². The lowest BCUT2D eigenvalue weighted by molar-refractivity contribution is 0.0511. The summed E-state index contributed by atoms with van der Waals surface area (Å²) in [4.78, 5) is 16.8. The topological polar surface area (TPSA) is 86.5 Å². The molecule has 0 spiro atoms. The first-order valence-corrected chi connectivity index (χ1v) is 11.0. The van der Waals surface area contributed by atoms with Crippen LogP contribution in [0, 0.1) is 6.92 Å². The quantitative estimate of drug-likeness (QED) is 0.372. The highest BCUT2D eigenvalue weighted by atomic mass is 32.1. The van der Waals surface area contributed by atoms with Gasteiger partial charge < -0.3 is 14.6 Å². The fourth-order valence-corrected chi connectivity index (χ4v) is 4.49. The first kappa shape index (κ1) is 21.7. The molecule has 0 fully saturated rings. The minimum Gasteiger partial charge on any atom is -0.476 e. The molecule has 0 unspecified atom stereocenters. The van der Waals surface area contributed by atoms with Crippen LogP contribution < -0.4 is 4.74 Å². The zero-order valence-corrected chi connectivity index (χ0v) is 18.8. The molecule has 0 radical (unpaired) electrons. The summed E-state index contributed by atoms with van der Waals surface area (Å²) in [5.74, 6) is -0.354. The second kappa shape index (κ2) is 9.33. The third-order valence-electron chi connectivity index (χ3n) is 5.01. The molecule has 164 valence electrons. The number of hydrogen-bond donors (Lipinski definition) is 1. The van der Waals surface area contributed by atoms with Gasteiger partial charge in [0.25, 0.3) is 0 Å². The van der Waals surface area contributed by atoms with Gasteiger partial charge in [0.1, 0.15) is 5.75 Å². The molecular formula is C24H23N3O4S. The number of benzene rings is 2. The molecule has 0 saturated carbocycles. The van der Waals surface area contributed by atoms with E-state index in [1.807, 2.05) is 68.4 Å². The van der Waals surface area contributed by atoms with Gasteiger partial charge in [-0.15, -0.1) is 0 Å². The molecule has 2 aromatic carbocycles. The van der Waals surface area contributed by atoms with Gasteiger partial charge in [0.2, 0.25) is 5.13 Å². The lowest BCUT2D eigenvalue weighted by atomic mass is 10.0. The van der Waals surface area contributed by atoms with Crippen LogP contribution in [0.4, 0.5) is 0 Å². The average molecular weight is 450 g/mol. The van der Waals surface area contributed by atoms with E-state index in [0.29, 0.717) is 17.3 Å². The molecule has 2 heterocycles. The third-order valence-corrected chi connectivity index (χ3v) is 6.19. The molecule has 0 aliphatic rings. The van der Waals surface area contributed by atoms with E-state index in [2.05, 4.69) is 4.98 Å². The van der Waals surface area contributed by atoms with E-state index >= 15 is 0 Å².